The Morgan fingerprint density at radius 3 is 1.83 bits per heavy atom. The van der Waals surface area contributed by atoms with Crippen LogP contribution in [0.1, 0.15) is 11.1 Å². The molecule has 0 aliphatic carbocycles. The number of halogens is 1. The summed E-state index contributed by atoms with van der Waals surface area (Å²) in [6.45, 7) is 0. The largest absolute Gasteiger partial charge is 0.246 e. The fourth-order valence-corrected chi connectivity index (χ4v) is 3.14. The lowest BCUT2D eigenvalue weighted by atomic mass is 10.1. The second-order valence-corrected chi connectivity index (χ2v) is 5.43. The molecule has 3 heteroatoms. The van der Waals surface area contributed by atoms with E-state index in [0.717, 1.165) is 22.5 Å². The van der Waals surface area contributed by atoms with Gasteiger partial charge in [0, 0.05) is 32.2 Å². The average Bonchev–Trinajstić information content (AvgIpc) is 2.49. The van der Waals surface area contributed by atoms with Crippen molar-refractivity contribution in [2.45, 2.75) is 0 Å². The van der Waals surface area contributed by atoms with Crippen LogP contribution in [-0.4, -0.2) is 4.22 Å². The van der Waals surface area contributed by atoms with E-state index in [1.54, 1.807) is 0 Å². The summed E-state index contributed by atoms with van der Waals surface area (Å²) in [5.41, 5.74) is 4.28. The van der Waals surface area contributed by atoms with Gasteiger partial charge in [-0.05, 0) is 0 Å². The van der Waals surface area contributed by atoms with Crippen molar-refractivity contribution in [3.63, 3.8) is 0 Å². The molecule has 1 aliphatic heterocycles. The number of benzene rings is 2. The molecule has 0 radical (unpaired) electrons. The first kappa shape index (κ1) is 11.5. The van der Waals surface area contributed by atoms with Crippen LogP contribution in [-0.2, 0) is 0 Å². The lowest BCUT2D eigenvalue weighted by Crippen LogP contribution is -1.90. The van der Waals surface area contributed by atoms with Crippen LogP contribution in [0.2, 0.25) is 0 Å². The summed E-state index contributed by atoms with van der Waals surface area (Å²) >= 11 is -0.295. The van der Waals surface area contributed by atoms with Gasteiger partial charge in [-0.15, -0.1) is 0 Å². The van der Waals surface area contributed by atoms with Gasteiger partial charge in [0.15, 0.2) is 0 Å². The lowest BCUT2D eigenvalue weighted by molar-refractivity contribution is 1.46. The van der Waals surface area contributed by atoms with Crippen molar-refractivity contribution >= 4 is 36.6 Å². The standard InChI is InChI=1S/C15H11IN2/c1-3-7-12(8-4-1)14-15(18-16-11-17-14)13-9-5-2-6-10-13/h1-11H. The maximum absolute atomic E-state index is 4.70. The summed E-state index contributed by atoms with van der Waals surface area (Å²) < 4.78 is 6.66. The Kier molecular flexibility index (Phi) is 3.41. The third-order valence-electron chi connectivity index (χ3n) is 2.67. The maximum Gasteiger partial charge on any atom is 0.103 e. The van der Waals surface area contributed by atoms with E-state index in [1.807, 2.05) is 40.6 Å². The topological polar surface area (TPSA) is 24.7 Å². The average molecular weight is 346 g/mol. The van der Waals surface area contributed by atoms with Gasteiger partial charge in [0.2, 0.25) is 0 Å². The summed E-state index contributed by atoms with van der Waals surface area (Å²) in [4.78, 5) is 4.57. The van der Waals surface area contributed by atoms with E-state index in [2.05, 4.69) is 29.3 Å². The molecule has 0 saturated heterocycles. The van der Waals surface area contributed by atoms with Crippen LogP contribution in [0, 0.1) is 0 Å². The van der Waals surface area contributed by atoms with Crippen molar-refractivity contribution in [3.05, 3.63) is 71.8 Å². The molecule has 0 amide bonds. The van der Waals surface area contributed by atoms with Gasteiger partial charge in [-0.2, -0.15) is 0 Å². The highest BCUT2D eigenvalue weighted by atomic mass is 127. The zero-order valence-electron chi connectivity index (χ0n) is 9.62. The monoisotopic (exact) mass is 346 g/mol. The molecule has 0 saturated carbocycles. The molecule has 0 spiro atoms. The molecule has 2 nitrogen and oxygen atoms in total. The Morgan fingerprint density at radius 1 is 0.667 bits per heavy atom. The predicted octanol–water partition coefficient (Wildman–Crippen LogP) is 4.71. The molecule has 0 atom stereocenters. The van der Waals surface area contributed by atoms with Crippen LogP contribution in [0.25, 0.3) is 11.4 Å². The Labute approximate surface area is 116 Å². The van der Waals surface area contributed by atoms with Gasteiger partial charge in [-0.3, -0.25) is 0 Å². The molecule has 3 rings (SSSR count). The van der Waals surface area contributed by atoms with Gasteiger partial charge in [0.1, 0.15) is 5.70 Å². The Bertz CT molecular complexity index is 571. The molecule has 2 aromatic rings. The highest BCUT2D eigenvalue weighted by Crippen LogP contribution is 2.33. The normalized spacial score (nSPS) is 14.4. The van der Waals surface area contributed by atoms with Crippen molar-refractivity contribution in [3.8, 4) is 0 Å². The highest BCUT2D eigenvalue weighted by molar-refractivity contribution is 14.2. The van der Waals surface area contributed by atoms with Crippen molar-refractivity contribution in [2.75, 3.05) is 0 Å². The molecule has 0 N–H and O–H groups in total. The van der Waals surface area contributed by atoms with Crippen LogP contribution in [0.4, 0.5) is 0 Å². The van der Waals surface area contributed by atoms with Gasteiger partial charge in [0.25, 0.3) is 0 Å². The van der Waals surface area contributed by atoms with E-state index >= 15 is 0 Å². The van der Waals surface area contributed by atoms with Crippen LogP contribution in [0.3, 0.4) is 0 Å². The first-order chi connectivity index (χ1) is 8.95. The molecular weight excluding hydrogens is 335 g/mol. The minimum atomic E-state index is -0.295. The van der Waals surface area contributed by atoms with E-state index in [9.17, 15) is 0 Å². The minimum Gasteiger partial charge on any atom is -0.246 e. The first-order valence-electron chi connectivity index (χ1n) is 5.66. The third-order valence-corrected chi connectivity index (χ3v) is 3.96. The van der Waals surface area contributed by atoms with Gasteiger partial charge in [-0.1, -0.05) is 60.7 Å². The number of rotatable bonds is 2. The number of nitrogens with zero attached hydrogens (tertiary/aromatic N) is 2. The van der Waals surface area contributed by atoms with Crippen molar-refractivity contribution < 1.29 is 0 Å². The molecule has 0 aromatic heterocycles. The van der Waals surface area contributed by atoms with E-state index in [-0.39, 0.29) is 21.0 Å². The van der Waals surface area contributed by atoms with E-state index in [4.69, 9.17) is 3.15 Å². The van der Waals surface area contributed by atoms with Gasteiger partial charge < -0.3 is 0 Å². The molecular formula is C15H11IN2. The maximum atomic E-state index is 4.70. The molecule has 0 unspecified atom stereocenters. The van der Waals surface area contributed by atoms with Crippen molar-refractivity contribution in [2.24, 2.45) is 8.14 Å². The minimum absolute atomic E-state index is 0.295. The number of aliphatic imine (C=N–C) groups is 1. The predicted molar refractivity (Wildman–Crippen MR) is 84.6 cm³/mol. The Hall–Kier alpha value is -1.62. The molecule has 2 aromatic carbocycles. The quantitative estimate of drug-likeness (QED) is 0.704. The summed E-state index contributed by atoms with van der Waals surface area (Å²) in [6.07, 6.45) is 0. The van der Waals surface area contributed by atoms with Crippen LogP contribution < -0.4 is 0 Å². The number of hydrogen-bond donors (Lipinski definition) is 0. The molecule has 1 heterocycles. The molecule has 0 bridgehead atoms. The SMILES string of the molecule is C1=NC(c2ccccc2)=C(c2ccccc2)N=I1. The van der Waals surface area contributed by atoms with Crippen LogP contribution in [0.15, 0.2) is 68.8 Å². The molecule has 18 heavy (non-hydrogen) atoms. The van der Waals surface area contributed by atoms with Crippen LogP contribution in [0.5, 0.6) is 0 Å². The smallest absolute Gasteiger partial charge is 0.103 e. The van der Waals surface area contributed by atoms with E-state index in [0.29, 0.717) is 0 Å². The molecule has 0 fully saturated rings. The van der Waals surface area contributed by atoms with Crippen molar-refractivity contribution in [1.82, 2.24) is 0 Å². The highest BCUT2D eigenvalue weighted by Gasteiger charge is 2.11. The summed E-state index contributed by atoms with van der Waals surface area (Å²) in [7, 11) is 0. The second-order valence-electron chi connectivity index (χ2n) is 3.84. The van der Waals surface area contributed by atoms with Gasteiger partial charge in [0.05, 0.1) is 9.92 Å². The summed E-state index contributed by atoms with van der Waals surface area (Å²) in [6, 6.07) is 20.5. The molecule has 1 aliphatic rings. The number of hydrogen-bond acceptors (Lipinski definition) is 2. The summed E-state index contributed by atoms with van der Waals surface area (Å²) in [5, 5.41) is 0. The fourth-order valence-electron chi connectivity index (χ4n) is 1.83. The molecule has 88 valence electrons. The first-order valence-corrected chi connectivity index (χ1v) is 7.87. The Balaban J connectivity index is 2.17. The zero-order chi connectivity index (χ0) is 12.2. The lowest BCUT2D eigenvalue weighted by Gasteiger charge is -2.10. The third kappa shape index (κ3) is 2.31. The zero-order valence-corrected chi connectivity index (χ0v) is 11.8. The van der Waals surface area contributed by atoms with E-state index < -0.39 is 0 Å². The van der Waals surface area contributed by atoms with Crippen LogP contribution >= 0.6 is 21.0 Å². The van der Waals surface area contributed by atoms with Gasteiger partial charge in [-0.25, -0.2) is 8.14 Å². The Morgan fingerprint density at radius 2 is 1.22 bits per heavy atom. The van der Waals surface area contributed by atoms with Gasteiger partial charge >= 0.3 is 0 Å². The van der Waals surface area contributed by atoms with Crippen molar-refractivity contribution in [1.29, 1.82) is 0 Å². The second kappa shape index (κ2) is 5.35. The van der Waals surface area contributed by atoms with E-state index in [1.165, 1.54) is 0 Å². The summed E-state index contributed by atoms with van der Waals surface area (Å²) in [5.74, 6) is 0. The fraction of sp³-hybridized carbons (Fsp3) is 0.